The zero-order valence-corrected chi connectivity index (χ0v) is 6.47. The average molecular weight is 166 g/mol. The Kier molecular flexibility index (Phi) is 1.22. The summed E-state index contributed by atoms with van der Waals surface area (Å²) in [5, 5.41) is 0.694. The van der Waals surface area contributed by atoms with Gasteiger partial charge in [0.25, 0.3) is 5.56 Å². The first-order valence-corrected chi connectivity index (χ1v) is 3.92. The molecule has 1 aromatic carbocycles. The molecular weight excluding hydrogens is 160 g/mol. The first-order valence-electron chi connectivity index (χ1n) is 3.15. The van der Waals surface area contributed by atoms with Gasteiger partial charge in [-0.2, -0.15) is 4.07 Å². The lowest BCUT2D eigenvalue weighted by Gasteiger charge is -1.79. The first-order chi connectivity index (χ1) is 5.29. The van der Waals surface area contributed by atoms with E-state index < -0.39 is 0 Å². The van der Waals surface area contributed by atoms with Gasteiger partial charge in [-0.25, -0.2) is 0 Å². The lowest BCUT2D eigenvalue weighted by Crippen LogP contribution is -2.19. The molecule has 2 rings (SSSR count). The van der Waals surface area contributed by atoms with E-state index in [0.29, 0.717) is 5.39 Å². The van der Waals surface area contributed by atoms with E-state index in [2.05, 4.69) is 0 Å². The molecule has 0 atom stereocenters. The second kappa shape index (κ2) is 2.10. The van der Waals surface area contributed by atoms with Gasteiger partial charge in [0.15, 0.2) is 0 Å². The molecule has 0 radical (unpaired) electrons. The van der Waals surface area contributed by atoms with E-state index in [-0.39, 0.29) is 5.56 Å². The third kappa shape index (κ3) is 0.832. The fraction of sp³-hybridized carbons (Fsp3) is 0. The molecule has 0 unspecified atom stereocenters. The van der Waals surface area contributed by atoms with Crippen LogP contribution in [0.4, 0.5) is 0 Å². The molecule has 0 aliphatic carbocycles. The van der Waals surface area contributed by atoms with Crippen molar-refractivity contribution in [3.8, 4) is 0 Å². The van der Waals surface area contributed by atoms with Crippen LogP contribution in [0, 0.1) is 0 Å². The van der Waals surface area contributed by atoms with E-state index in [1.165, 1.54) is 11.5 Å². The van der Waals surface area contributed by atoms with Crippen LogP contribution in [0.3, 0.4) is 0 Å². The largest absolute Gasteiger partial charge is 0.327 e. The third-order valence-corrected chi connectivity index (χ3v) is 2.43. The Labute approximate surface area is 66.8 Å². The van der Waals surface area contributed by atoms with Gasteiger partial charge in [0.2, 0.25) is 0 Å². The highest BCUT2D eigenvalue weighted by Gasteiger charge is 2.01. The SMILES string of the molecule is Nn1sc2ccccc2c1=O. The van der Waals surface area contributed by atoms with Crippen LogP contribution in [0.1, 0.15) is 0 Å². The monoisotopic (exact) mass is 166 g/mol. The second-order valence-electron chi connectivity index (χ2n) is 2.22. The molecule has 0 saturated heterocycles. The minimum atomic E-state index is -0.120. The second-order valence-corrected chi connectivity index (χ2v) is 3.23. The summed E-state index contributed by atoms with van der Waals surface area (Å²) in [5.74, 6) is 5.38. The lowest BCUT2D eigenvalue weighted by atomic mass is 10.3. The maximum Gasteiger partial charge on any atom is 0.287 e. The van der Waals surface area contributed by atoms with E-state index in [9.17, 15) is 4.79 Å². The van der Waals surface area contributed by atoms with Gasteiger partial charge < -0.3 is 5.84 Å². The quantitative estimate of drug-likeness (QED) is 0.588. The lowest BCUT2D eigenvalue weighted by molar-refractivity contribution is 1.09. The molecule has 3 nitrogen and oxygen atoms in total. The number of nitrogen functional groups attached to an aromatic ring is 1. The number of fused-ring (bicyclic) bond motifs is 1. The summed E-state index contributed by atoms with van der Waals surface area (Å²) in [6.07, 6.45) is 0. The predicted octanol–water partition coefficient (Wildman–Crippen LogP) is 0.777. The molecule has 0 fully saturated rings. The standard InChI is InChI=1S/C7H6N2OS/c8-9-7(10)5-3-1-2-4-6(5)11-9/h1-4H,8H2. The smallest absolute Gasteiger partial charge is 0.287 e. The number of nitrogens with zero attached hydrogens (tertiary/aromatic N) is 1. The van der Waals surface area contributed by atoms with Crippen molar-refractivity contribution in [2.75, 3.05) is 5.84 Å². The van der Waals surface area contributed by atoms with E-state index >= 15 is 0 Å². The Bertz CT molecular complexity index is 443. The third-order valence-electron chi connectivity index (χ3n) is 1.51. The van der Waals surface area contributed by atoms with Crippen molar-refractivity contribution < 1.29 is 0 Å². The van der Waals surface area contributed by atoms with Crippen LogP contribution in [0.25, 0.3) is 10.1 Å². The Morgan fingerprint density at radius 1 is 1.36 bits per heavy atom. The van der Waals surface area contributed by atoms with Gasteiger partial charge in [-0.3, -0.25) is 4.79 Å². The molecule has 1 aromatic heterocycles. The Morgan fingerprint density at radius 3 is 2.82 bits per heavy atom. The van der Waals surface area contributed by atoms with E-state index in [1.807, 2.05) is 18.2 Å². The number of benzene rings is 1. The Balaban J connectivity index is 3.04. The summed E-state index contributed by atoms with van der Waals surface area (Å²) in [6.45, 7) is 0. The zero-order valence-electron chi connectivity index (χ0n) is 5.65. The van der Waals surface area contributed by atoms with Crippen LogP contribution < -0.4 is 11.4 Å². The van der Waals surface area contributed by atoms with Gasteiger partial charge in [-0.1, -0.05) is 12.1 Å². The molecule has 0 amide bonds. The average Bonchev–Trinajstić information content (AvgIpc) is 2.30. The maximum atomic E-state index is 11.2. The van der Waals surface area contributed by atoms with Gasteiger partial charge >= 0.3 is 0 Å². The predicted molar refractivity (Wildman–Crippen MR) is 46.2 cm³/mol. The van der Waals surface area contributed by atoms with Crippen LogP contribution in [-0.4, -0.2) is 4.07 Å². The Hall–Kier alpha value is -1.29. The highest BCUT2D eigenvalue weighted by molar-refractivity contribution is 7.13. The highest BCUT2D eigenvalue weighted by Crippen LogP contribution is 2.13. The van der Waals surface area contributed by atoms with Gasteiger partial charge in [-0.05, 0) is 23.7 Å². The Morgan fingerprint density at radius 2 is 2.09 bits per heavy atom. The molecule has 0 spiro atoms. The first kappa shape index (κ1) is 6.42. The molecule has 0 saturated carbocycles. The summed E-state index contributed by atoms with van der Waals surface area (Å²) >= 11 is 1.26. The number of rotatable bonds is 0. The fourth-order valence-electron chi connectivity index (χ4n) is 0.989. The molecule has 0 bridgehead atoms. The zero-order chi connectivity index (χ0) is 7.84. The maximum absolute atomic E-state index is 11.2. The van der Waals surface area contributed by atoms with Crippen molar-refractivity contribution in [1.82, 2.24) is 4.07 Å². The minimum Gasteiger partial charge on any atom is -0.327 e. The summed E-state index contributed by atoms with van der Waals surface area (Å²) < 4.78 is 2.07. The molecule has 11 heavy (non-hydrogen) atoms. The van der Waals surface area contributed by atoms with Crippen LogP contribution in [0.2, 0.25) is 0 Å². The number of hydrogen-bond acceptors (Lipinski definition) is 3. The van der Waals surface area contributed by atoms with Crippen molar-refractivity contribution in [1.29, 1.82) is 0 Å². The molecule has 56 valence electrons. The van der Waals surface area contributed by atoms with Gasteiger partial charge in [-0.15, -0.1) is 0 Å². The van der Waals surface area contributed by atoms with Gasteiger partial charge in [0.1, 0.15) is 0 Å². The molecule has 1 heterocycles. The number of hydrogen-bond donors (Lipinski definition) is 1. The highest BCUT2D eigenvalue weighted by atomic mass is 32.1. The molecule has 4 heteroatoms. The topological polar surface area (TPSA) is 48.0 Å². The van der Waals surface area contributed by atoms with Crippen LogP contribution in [-0.2, 0) is 0 Å². The van der Waals surface area contributed by atoms with E-state index in [4.69, 9.17) is 5.84 Å². The van der Waals surface area contributed by atoms with Crippen molar-refractivity contribution >= 4 is 21.6 Å². The number of aromatic nitrogens is 1. The van der Waals surface area contributed by atoms with Crippen LogP contribution in [0.15, 0.2) is 29.1 Å². The van der Waals surface area contributed by atoms with Gasteiger partial charge in [0.05, 0.1) is 10.1 Å². The minimum absolute atomic E-state index is 0.120. The fourth-order valence-corrected chi connectivity index (χ4v) is 1.78. The van der Waals surface area contributed by atoms with Crippen LogP contribution >= 0.6 is 11.5 Å². The van der Waals surface area contributed by atoms with Crippen molar-refractivity contribution in [2.45, 2.75) is 0 Å². The van der Waals surface area contributed by atoms with E-state index in [1.54, 1.807) is 6.07 Å². The molecule has 0 aliphatic rings. The number of nitrogens with two attached hydrogens (primary N) is 1. The summed E-state index contributed by atoms with van der Waals surface area (Å²) in [7, 11) is 0. The molecular formula is C7H6N2OS. The van der Waals surface area contributed by atoms with Crippen LogP contribution in [0.5, 0.6) is 0 Å². The van der Waals surface area contributed by atoms with Crippen molar-refractivity contribution in [3.05, 3.63) is 34.6 Å². The van der Waals surface area contributed by atoms with Crippen molar-refractivity contribution in [2.24, 2.45) is 0 Å². The summed E-state index contributed by atoms with van der Waals surface area (Å²) in [4.78, 5) is 11.2. The molecule has 2 aromatic rings. The normalized spacial score (nSPS) is 10.5. The summed E-state index contributed by atoms with van der Waals surface area (Å²) in [5.41, 5.74) is -0.120. The van der Waals surface area contributed by atoms with E-state index in [0.717, 1.165) is 8.77 Å². The molecule has 0 aliphatic heterocycles. The summed E-state index contributed by atoms with van der Waals surface area (Å²) in [6, 6.07) is 7.37. The molecule has 2 N–H and O–H groups in total. The van der Waals surface area contributed by atoms with Gasteiger partial charge in [0, 0.05) is 0 Å². The van der Waals surface area contributed by atoms with Crippen molar-refractivity contribution in [3.63, 3.8) is 0 Å².